The van der Waals surface area contributed by atoms with Crippen LogP contribution in [-0.4, -0.2) is 110 Å². The molecule has 354 valence electrons. The zero-order valence-corrected chi connectivity index (χ0v) is 38.2. The topological polar surface area (TPSA) is 189 Å². The third-order valence-corrected chi connectivity index (χ3v) is 12.0. The predicted molar refractivity (Wildman–Crippen MR) is 242 cm³/mol. The minimum absolute atomic E-state index is 0.252. The molecule has 1 saturated heterocycles. The third-order valence-electron chi connectivity index (χ3n) is 12.0. The fraction of sp³-hybridized carbons (Fsp3) is 0.898. The van der Waals surface area contributed by atoms with Crippen molar-refractivity contribution in [1.82, 2.24) is 5.32 Å². The molecular weight excluding hydrogens is 763 g/mol. The fourth-order valence-corrected chi connectivity index (χ4v) is 7.85. The molecule has 11 nitrogen and oxygen atoms in total. The molecule has 9 atom stereocenters. The molecule has 1 amide bonds. The van der Waals surface area contributed by atoms with E-state index in [-0.39, 0.29) is 12.8 Å². The molecule has 0 aromatic heterocycles. The molecule has 0 saturated carbocycles. The summed E-state index contributed by atoms with van der Waals surface area (Å²) in [7, 11) is 0. The Morgan fingerprint density at radius 3 is 1.47 bits per heavy atom. The Bertz CT molecular complexity index is 1030. The van der Waals surface area contributed by atoms with Gasteiger partial charge < -0.3 is 50.5 Å². The zero-order valence-electron chi connectivity index (χ0n) is 38.2. The van der Waals surface area contributed by atoms with Crippen LogP contribution >= 0.6 is 0 Å². The summed E-state index contributed by atoms with van der Waals surface area (Å²) in [4.78, 5) is 13.1. The van der Waals surface area contributed by atoms with Gasteiger partial charge in [0.25, 0.3) is 0 Å². The van der Waals surface area contributed by atoms with Gasteiger partial charge in [-0.3, -0.25) is 4.79 Å². The lowest BCUT2D eigenvalue weighted by Crippen LogP contribution is -2.60. The molecule has 0 aliphatic carbocycles. The maximum Gasteiger partial charge on any atom is 0.249 e. The molecule has 9 unspecified atom stereocenters. The highest BCUT2D eigenvalue weighted by atomic mass is 16.7. The van der Waals surface area contributed by atoms with Gasteiger partial charge in [0.1, 0.15) is 36.6 Å². The first-order valence-corrected chi connectivity index (χ1v) is 24.7. The van der Waals surface area contributed by atoms with Gasteiger partial charge in [-0.25, -0.2) is 0 Å². The minimum atomic E-state index is -1.66. The Labute approximate surface area is 365 Å². The lowest BCUT2D eigenvalue weighted by atomic mass is 9.98. The smallest absolute Gasteiger partial charge is 0.249 e. The Morgan fingerprint density at radius 2 is 0.983 bits per heavy atom. The second kappa shape index (κ2) is 39.2. The van der Waals surface area contributed by atoms with Crippen molar-refractivity contribution in [3.8, 4) is 0 Å². The van der Waals surface area contributed by atoms with Crippen LogP contribution in [0.15, 0.2) is 24.3 Å². The SMILES string of the molecule is CCCCC/C=C/CCCC(O)C(O)C(COC1OC(CO)C(O)C(O)C1O)NC(=O)C(O)CCCCCCCCCCC/C=C\CCCCCCCCCCCCCC. The molecule has 60 heavy (non-hydrogen) atoms. The highest BCUT2D eigenvalue weighted by molar-refractivity contribution is 5.80. The number of nitrogens with one attached hydrogen (secondary N) is 1. The summed E-state index contributed by atoms with van der Waals surface area (Å²) in [5.74, 6) is -0.710. The van der Waals surface area contributed by atoms with Crippen molar-refractivity contribution in [2.45, 2.75) is 268 Å². The molecule has 0 bridgehead atoms. The van der Waals surface area contributed by atoms with Gasteiger partial charge in [0.05, 0.1) is 25.4 Å². The summed E-state index contributed by atoms with van der Waals surface area (Å²) >= 11 is 0. The lowest BCUT2D eigenvalue weighted by molar-refractivity contribution is -0.303. The molecule has 11 heteroatoms. The van der Waals surface area contributed by atoms with E-state index in [1.54, 1.807) is 0 Å². The summed E-state index contributed by atoms with van der Waals surface area (Å²) in [6.07, 6.45) is 32.7. The van der Waals surface area contributed by atoms with E-state index in [2.05, 4.69) is 43.5 Å². The van der Waals surface area contributed by atoms with Gasteiger partial charge in [0.2, 0.25) is 5.91 Å². The number of hydrogen-bond donors (Lipinski definition) is 8. The van der Waals surface area contributed by atoms with Crippen molar-refractivity contribution in [3.05, 3.63) is 24.3 Å². The zero-order chi connectivity index (χ0) is 44.1. The van der Waals surface area contributed by atoms with Crippen molar-refractivity contribution < 1.29 is 50.0 Å². The largest absolute Gasteiger partial charge is 0.394 e. The maximum atomic E-state index is 13.1. The van der Waals surface area contributed by atoms with Gasteiger partial charge in [0, 0.05) is 0 Å². The van der Waals surface area contributed by atoms with E-state index < -0.39 is 74.2 Å². The number of amides is 1. The first kappa shape index (κ1) is 56.6. The van der Waals surface area contributed by atoms with Gasteiger partial charge >= 0.3 is 0 Å². The van der Waals surface area contributed by atoms with E-state index in [9.17, 15) is 40.5 Å². The van der Waals surface area contributed by atoms with Crippen molar-refractivity contribution in [3.63, 3.8) is 0 Å². The fourth-order valence-electron chi connectivity index (χ4n) is 7.85. The van der Waals surface area contributed by atoms with Crippen LogP contribution < -0.4 is 5.32 Å². The number of rotatable bonds is 41. The van der Waals surface area contributed by atoms with Crippen LogP contribution in [0.2, 0.25) is 0 Å². The summed E-state index contributed by atoms with van der Waals surface area (Å²) in [5.41, 5.74) is 0. The number of allylic oxidation sites excluding steroid dienone is 4. The summed E-state index contributed by atoms with van der Waals surface area (Å²) in [5, 5.41) is 75.4. The third kappa shape index (κ3) is 28.3. The van der Waals surface area contributed by atoms with Crippen molar-refractivity contribution in [2.75, 3.05) is 13.2 Å². The van der Waals surface area contributed by atoms with Gasteiger partial charge in [-0.1, -0.05) is 173 Å². The first-order valence-electron chi connectivity index (χ1n) is 24.7. The van der Waals surface area contributed by atoms with Crippen molar-refractivity contribution in [1.29, 1.82) is 0 Å². The average Bonchev–Trinajstić information content (AvgIpc) is 3.25. The summed E-state index contributed by atoms with van der Waals surface area (Å²) in [6, 6.07) is -1.18. The molecular formula is C49H93NO10. The van der Waals surface area contributed by atoms with Crippen molar-refractivity contribution in [2.24, 2.45) is 0 Å². The Kier molecular flexibility index (Phi) is 37.0. The number of carbonyl (C=O) groups excluding carboxylic acids is 1. The standard InChI is InChI=1S/C49H93NO10/c1-3-5-7-9-11-13-14-15-16-17-18-19-20-21-22-23-24-25-26-27-28-29-31-33-35-37-42(53)48(58)50-40(39-59-49-47(57)46(56)45(55)43(38-51)60-49)44(54)41(52)36-34-32-30-12-10-8-6-4-2/h12,21-22,30,40-47,49,51-57H,3-11,13-20,23-29,31-39H2,1-2H3,(H,50,58)/b22-21-,30-12+. The molecule has 0 radical (unpaired) electrons. The van der Waals surface area contributed by atoms with E-state index >= 15 is 0 Å². The molecule has 1 rings (SSSR count). The molecule has 1 heterocycles. The second-order valence-electron chi connectivity index (χ2n) is 17.5. The number of aliphatic hydroxyl groups is 7. The lowest BCUT2D eigenvalue weighted by Gasteiger charge is -2.40. The highest BCUT2D eigenvalue weighted by Crippen LogP contribution is 2.23. The van der Waals surface area contributed by atoms with Gasteiger partial charge in [-0.15, -0.1) is 0 Å². The molecule has 0 aromatic carbocycles. The van der Waals surface area contributed by atoms with Gasteiger partial charge in [-0.05, 0) is 64.2 Å². The van der Waals surface area contributed by atoms with Crippen LogP contribution in [0.5, 0.6) is 0 Å². The molecule has 1 aliphatic rings. The highest BCUT2D eigenvalue weighted by Gasteiger charge is 2.44. The van der Waals surface area contributed by atoms with E-state index in [1.807, 2.05) is 0 Å². The molecule has 0 spiro atoms. The molecule has 1 fully saturated rings. The number of carbonyl (C=O) groups is 1. The van der Waals surface area contributed by atoms with Gasteiger partial charge in [0.15, 0.2) is 6.29 Å². The number of ether oxygens (including phenoxy) is 2. The predicted octanol–water partition coefficient (Wildman–Crippen LogP) is 8.62. The monoisotopic (exact) mass is 856 g/mol. The normalized spacial score (nSPS) is 21.8. The molecule has 1 aliphatic heterocycles. The van der Waals surface area contributed by atoms with E-state index in [4.69, 9.17) is 9.47 Å². The molecule has 0 aromatic rings. The summed E-state index contributed by atoms with van der Waals surface area (Å²) in [6.45, 7) is 3.36. The molecule has 8 N–H and O–H groups in total. The first-order chi connectivity index (χ1) is 29.2. The van der Waals surface area contributed by atoms with E-state index in [0.29, 0.717) is 12.8 Å². The van der Waals surface area contributed by atoms with E-state index in [0.717, 1.165) is 44.9 Å². The van der Waals surface area contributed by atoms with E-state index in [1.165, 1.54) is 128 Å². The number of aliphatic hydroxyl groups excluding tert-OH is 7. The van der Waals surface area contributed by atoms with Gasteiger partial charge in [-0.2, -0.15) is 0 Å². The number of hydrogen-bond acceptors (Lipinski definition) is 10. The Morgan fingerprint density at radius 1 is 0.567 bits per heavy atom. The van der Waals surface area contributed by atoms with Crippen LogP contribution in [0.25, 0.3) is 0 Å². The van der Waals surface area contributed by atoms with Crippen LogP contribution in [0, 0.1) is 0 Å². The minimum Gasteiger partial charge on any atom is -0.394 e. The average molecular weight is 856 g/mol. The summed E-state index contributed by atoms with van der Waals surface area (Å²) < 4.78 is 11.0. The van der Waals surface area contributed by atoms with Crippen LogP contribution in [0.3, 0.4) is 0 Å². The van der Waals surface area contributed by atoms with Crippen LogP contribution in [0.4, 0.5) is 0 Å². The van der Waals surface area contributed by atoms with Crippen LogP contribution in [0.1, 0.15) is 213 Å². The Balaban J connectivity index is 2.28. The number of unbranched alkanes of at least 4 members (excludes halogenated alkanes) is 25. The maximum absolute atomic E-state index is 13.1. The quantitative estimate of drug-likeness (QED) is 0.0218. The van der Waals surface area contributed by atoms with Crippen molar-refractivity contribution >= 4 is 5.91 Å². The van der Waals surface area contributed by atoms with Crippen LogP contribution in [-0.2, 0) is 14.3 Å². The second-order valence-corrected chi connectivity index (χ2v) is 17.5. The Hall–Kier alpha value is -1.41.